The van der Waals surface area contributed by atoms with E-state index in [1.165, 1.54) is 5.57 Å². The maximum absolute atomic E-state index is 9.75. The number of carboxylic acid groups (broad SMARTS) is 1. The molecule has 0 aromatic heterocycles. The molecule has 2 atom stereocenters. The van der Waals surface area contributed by atoms with Gasteiger partial charge in [-0.05, 0) is 39.0 Å². The Kier molecular flexibility index (Phi) is 7.07. The molecule has 0 radical (unpaired) electrons. The minimum Gasteiger partial charge on any atom is -0.481 e. The van der Waals surface area contributed by atoms with Gasteiger partial charge >= 0.3 is 5.97 Å². The smallest absolute Gasteiger partial charge is 0.303 e. The largest absolute Gasteiger partial charge is 0.481 e. The molecule has 17 heavy (non-hydrogen) atoms. The summed E-state index contributed by atoms with van der Waals surface area (Å²) in [5, 5.41) is 26.4. The number of hydrogen-bond donors (Lipinski definition) is 3. The molecule has 1 aliphatic rings. The number of aliphatic hydroxyl groups excluding tert-OH is 1. The number of rotatable bonds is 3. The number of aliphatic hydroxyl groups is 2. The lowest BCUT2D eigenvalue weighted by molar-refractivity contribution is -0.136. The van der Waals surface area contributed by atoms with Gasteiger partial charge < -0.3 is 15.3 Å². The fraction of sp³-hybridized carbons (Fsp3) is 0.769. The highest BCUT2D eigenvalue weighted by Gasteiger charge is 2.31. The molecule has 0 fully saturated rings. The maximum Gasteiger partial charge on any atom is 0.303 e. The van der Waals surface area contributed by atoms with Crippen molar-refractivity contribution in [2.75, 3.05) is 6.61 Å². The maximum atomic E-state index is 9.75. The number of carboxylic acids is 1. The highest BCUT2D eigenvalue weighted by atomic mass is 16.4. The molecule has 0 saturated carbocycles. The minimum absolute atomic E-state index is 0.134. The molecule has 100 valence electrons. The number of carbonyl (C=O) groups is 1. The fourth-order valence-corrected chi connectivity index (χ4v) is 1.66. The highest BCUT2D eigenvalue weighted by Crippen LogP contribution is 2.31. The molecule has 4 nitrogen and oxygen atoms in total. The normalized spacial score (nSPS) is 22.9. The Balaban J connectivity index is 0.000000437. The summed E-state index contributed by atoms with van der Waals surface area (Å²) in [5.74, 6) is -0.517. The SMILES string of the molecule is CC1=CCC(C(C)(O)CO)CC1.CCC(=O)O. The van der Waals surface area contributed by atoms with E-state index in [-0.39, 0.29) is 18.9 Å². The Morgan fingerprint density at radius 1 is 1.59 bits per heavy atom. The van der Waals surface area contributed by atoms with E-state index in [2.05, 4.69) is 13.0 Å². The van der Waals surface area contributed by atoms with Crippen LogP contribution in [0.5, 0.6) is 0 Å². The molecular weight excluding hydrogens is 220 g/mol. The summed E-state index contributed by atoms with van der Waals surface area (Å²) in [6, 6.07) is 0. The van der Waals surface area contributed by atoms with Crippen LogP contribution in [-0.4, -0.2) is 33.5 Å². The van der Waals surface area contributed by atoms with E-state index in [0.717, 1.165) is 19.3 Å². The third-order valence-corrected chi connectivity index (χ3v) is 3.14. The van der Waals surface area contributed by atoms with Crippen molar-refractivity contribution in [1.29, 1.82) is 0 Å². The van der Waals surface area contributed by atoms with Gasteiger partial charge in [0.15, 0.2) is 0 Å². The van der Waals surface area contributed by atoms with E-state index >= 15 is 0 Å². The summed E-state index contributed by atoms with van der Waals surface area (Å²) in [6.45, 7) is 5.29. The lowest BCUT2D eigenvalue weighted by atomic mass is 9.79. The van der Waals surface area contributed by atoms with Crippen molar-refractivity contribution in [3.05, 3.63) is 11.6 Å². The van der Waals surface area contributed by atoms with Crippen molar-refractivity contribution >= 4 is 5.97 Å². The Morgan fingerprint density at radius 2 is 2.12 bits per heavy atom. The lowest BCUT2D eigenvalue weighted by Crippen LogP contribution is -2.39. The van der Waals surface area contributed by atoms with Crippen LogP contribution in [0.3, 0.4) is 0 Å². The molecule has 0 spiro atoms. The zero-order chi connectivity index (χ0) is 13.5. The van der Waals surface area contributed by atoms with E-state index < -0.39 is 11.6 Å². The molecule has 0 aromatic carbocycles. The quantitative estimate of drug-likeness (QED) is 0.663. The molecule has 0 heterocycles. The van der Waals surface area contributed by atoms with Gasteiger partial charge in [-0.2, -0.15) is 0 Å². The summed E-state index contributed by atoms with van der Waals surface area (Å²) in [4.78, 5) is 9.37. The first-order valence-electron chi connectivity index (χ1n) is 6.04. The first-order valence-corrected chi connectivity index (χ1v) is 6.04. The van der Waals surface area contributed by atoms with Crippen molar-refractivity contribution < 1.29 is 20.1 Å². The van der Waals surface area contributed by atoms with Crippen molar-refractivity contribution in [3.63, 3.8) is 0 Å². The summed E-state index contributed by atoms with van der Waals surface area (Å²) in [5.41, 5.74) is 0.511. The molecule has 0 aliphatic heterocycles. The van der Waals surface area contributed by atoms with Gasteiger partial charge in [0.05, 0.1) is 12.2 Å². The van der Waals surface area contributed by atoms with Gasteiger partial charge in [0, 0.05) is 6.42 Å². The molecule has 0 bridgehead atoms. The second kappa shape index (κ2) is 7.45. The minimum atomic E-state index is -0.892. The third kappa shape index (κ3) is 6.44. The monoisotopic (exact) mass is 244 g/mol. The highest BCUT2D eigenvalue weighted by molar-refractivity contribution is 5.66. The van der Waals surface area contributed by atoms with Crippen molar-refractivity contribution in [2.24, 2.45) is 5.92 Å². The van der Waals surface area contributed by atoms with Gasteiger partial charge in [-0.25, -0.2) is 0 Å². The Morgan fingerprint density at radius 3 is 2.41 bits per heavy atom. The predicted octanol–water partition coefficient (Wildman–Crippen LogP) is 1.96. The van der Waals surface area contributed by atoms with E-state index in [9.17, 15) is 9.90 Å². The van der Waals surface area contributed by atoms with Gasteiger partial charge in [-0.15, -0.1) is 0 Å². The average Bonchev–Trinajstić information content (AvgIpc) is 2.30. The van der Waals surface area contributed by atoms with Crippen LogP contribution < -0.4 is 0 Å². The molecule has 4 heteroatoms. The number of hydrogen-bond acceptors (Lipinski definition) is 3. The van der Waals surface area contributed by atoms with Crippen LogP contribution in [-0.2, 0) is 4.79 Å². The Bertz CT molecular complexity index is 269. The Hall–Kier alpha value is -0.870. The number of allylic oxidation sites excluding steroid dienone is 2. The van der Waals surface area contributed by atoms with E-state index in [1.54, 1.807) is 13.8 Å². The van der Waals surface area contributed by atoms with Crippen molar-refractivity contribution in [3.8, 4) is 0 Å². The van der Waals surface area contributed by atoms with Gasteiger partial charge in [-0.3, -0.25) is 4.79 Å². The van der Waals surface area contributed by atoms with Crippen LogP contribution in [0.25, 0.3) is 0 Å². The zero-order valence-electron chi connectivity index (χ0n) is 10.9. The van der Waals surface area contributed by atoms with Gasteiger partial charge in [0.1, 0.15) is 0 Å². The first-order chi connectivity index (χ1) is 7.83. The van der Waals surface area contributed by atoms with Gasteiger partial charge in [-0.1, -0.05) is 18.6 Å². The van der Waals surface area contributed by atoms with Crippen LogP contribution in [0, 0.1) is 5.92 Å². The zero-order valence-corrected chi connectivity index (χ0v) is 10.9. The second-order valence-corrected chi connectivity index (χ2v) is 4.78. The molecule has 0 aromatic rings. The third-order valence-electron chi connectivity index (χ3n) is 3.14. The number of aliphatic carboxylic acids is 1. The van der Waals surface area contributed by atoms with E-state index in [4.69, 9.17) is 10.2 Å². The second-order valence-electron chi connectivity index (χ2n) is 4.78. The topological polar surface area (TPSA) is 77.8 Å². The fourth-order valence-electron chi connectivity index (χ4n) is 1.66. The van der Waals surface area contributed by atoms with Crippen LogP contribution >= 0.6 is 0 Å². The summed E-state index contributed by atoms with van der Waals surface area (Å²) in [6.07, 6.45) is 5.34. The van der Waals surface area contributed by atoms with Crippen LogP contribution in [0.4, 0.5) is 0 Å². The molecule has 2 unspecified atom stereocenters. The van der Waals surface area contributed by atoms with E-state index in [0.29, 0.717) is 0 Å². The van der Waals surface area contributed by atoms with Crippen molar-refractivity contribution in [1.82, 2.24) is 0 Å². The van der Waals surface area contributed by atoms with Gasteiger partial charge in [0.2, 0.25) is 0 Å². The van der Waals surface area contributed by atoms with Crippen LogP contribution in [0.15, 0.2) is 11.6 Å². The Labute approximate surface area is 103 Å². The predicted molar refractivity (Wildman–Crippen MR) is 66.7 cm³/mol. The summed E-state index contributed by atoms with van der Waals surface area (Å²) >= 11 is 0. The standard InChI is InChI=1S/C10H18O2.C3H6O2/c1-8-3-5-9(6-4-8)10(2,12)7-11;1-2-3(4)5/h3,9,11-12H,4-7H2,1-2H3;2H2,1H3,(H,4,5). The summed E-state index contributed by atoms with van der Waals surface area (Å²) in [7, 11) is 0. The van der Waals surface area contributed by atoms with Crippen LogP contribution in [0.1, 0.15) is 46.5 Å². The van der Waals surface area contributed by atoms with Crippen LogP contribution in [0.2, 0.25) is 0 Å². The molecule has 1 rings (SSSR count). The molecule has 0 amide bonds. The summed E-state index contributed by atoms with van der Waals surface area (Å²) < 4.78 is 0. The molecular formula is C13H24O4. The average molecular weight is 244 g/mol. The first kappa shape index (κ1) is 16.1. The van der Waals surface area contributed by atoms with Gasteiger partial charge in [0.25, 0.3) is 0 Å². The lowest BCUT2D eigenvalue weighted by Gasteiger charge is -2.33. The molecule has 3 N–H and O–H groups in total. The molecule has 0 saturated heterocycles. The molecule has 1 aliphatic carbocycles. The van der Waals surface area contributed by atoms with E-state index in [1.807, 2.05) is 0 Å². The van der Waals surface area contributed by atoms with Crippen molar-refractivity contribution in [2.45, 2.75) is 52.1 Å².